The first kappa shape index (κ1) is 14.9. The average molecular weight is 330 g/mol. The van der Waals surface area contributed by atoms with E-state index in [1.807, 2.05) is 0 Å². The van der Waals surface area contributed by atoms with E-state index in [0.29, 0.717) is 12.5 Å². The molecule has 1 amide bonds. The second-order valence-electron chi connectivity index (χ2n) is 6.65. The third-order valence-electron chi connectivity index (χ3n) is 5.34. The molecule has 1 saturated heterocycles. The molecule has 0 spiro atoms. The Balaban J connectivity index is 1.59. The lowest BCUT2D eigenvalue weighted by Gasteiger charge is -2.34. The first-order valence-corrected chi connectivity index (χ1v) is 9.37. The highest BCUT2D eigenvalue weighted by Crippen LogP contribution is 2.45. The van der Waals surface area contributed by atoms with Crippen molar-refractivity contribution in [3.05, 3.63) is 34.8 Å². The van der Waals surface area contributed by atoms with Crippen LogP contribution in [0.2, 0.25) is 0 Å². The van der Waals surface area contributed by atoms with Crippen LogP contribution in [0.1, 0.15) is 43.4 Å². The molecule has 3 heterocycles. The van der Waals surface area contributed by atoms with Gasteiger partial charge in [0.25, 0.3) is 0 Å². The Bertz CT molecular complexity index is 646. The van der Waals surface area contributed by atoms with Crippen molar-refractivity contribution in [2.75, 3.05) is 6.54 Å². The van der Waals surface area contributed by atoms with Crippen molar-refractivity contribution >= 4 is 17.2 Å². The maximum absolute atomic E-state index is 13.5. The molecular formula is C17H22N4OS. The number of hydrogen-bond acceptors (Lipinski definition) is 4. The fourth-order valence-corrected chi connectivity index (χ4v) is 5.17. The Morgan fingerprint density at radius 1 is 1.26 bits per heavy atom. The number of aromatic nitrogens is 3. The minimum absolute atomic E-state index is 0.229. The van der Waals surface area contributed by atoms with E-state index in [0.717, 1.165) is 45.1 Å². The van der Waals surface area contributed by atoms with Crippen LogP contribution in [0.15, 0.2) is 29.9 Å². The Morgan fingerprint density at radius 3 is 2.74 bits per heavy atom. The van der Waals surface area contributed by atoms with Crippen LogP contribution in [-0.2, 0) is 16.8 Å². The molecule has 1 aliphatic carbocycles. The largest absolute Gasteiger partial charge is 0.337 e. The highest BCUT2D eigenvalue weighted by molar-refractivity contribution is 7.10. The Labute approximate surface area is 140 Å². The van der Waals surface area contributed by atoms with E-state index >= 15 is 0 Å². The SMILES string of the molecule is O=C(N1CCCC1Cn1nccn1)C1(c2cccs2)CCCC1. The standard InChI is InChI=1S/C17H22N4OS/c22-16(17(7-1-2-8-17)15-6-4-12-23-15)20-11-3-5-14(20)13-21-18-9-10-19-21/h4,6,9-10,12,14H,1-3,5,7-8,11,13H2. The van der Waals surface area contributed by atoms with Crippen molar-refractivity contribution < 1.29 is 4.79 Å². The van der Waals surface area contributed by atoms with Crippen LogP contribution in [-0.4, -0.2) is 38.4 Å². The predicted molar refractivity (Wildman–Crippen MR) is 89.2 cm³/mol. The molecule has 1 saturated carbocycles. The van der Waals surface area contributed by atoms with Crippen LogP contribution < -0.4 is 0 Å². The fraction of sp³-hybridized carbons (Fsp3) is 0.588. The number of carbonyl (C=O) groups is 1. The highest BCUT2D eigenvalue weighted by Gasteiger charge is 2.47. The number of amides is 1. The predicted octanol–water partition coefficient (Wildman–Crippen LogP) is 2.84. The smallest absolute Gasteiger partial charge is 0.234 e. The Morgan fingerprint density at radius 2 is 2.04 bits per heavy atom. The molecule has 1 aliphatic heterocycles. The molecule has 2 aliphatic rings. The molecule has 1 atom stereocenters. The molecule has 2 aromatic heterocycles. The van der Waals surface area contributed by atoms with Crippen molar-refractivity contribution in [2.45, 2.75) is 56.5 Å². The maximum Gasteiger partial charge on any atom is 0.234 e. The van der Waals surface area contributed by atoms with Crippen LogP contribution >= 0.6 is 11.3 Å². The van der Waals surface area contributed by atoms with Crippen LogP contribution in [0.3, 0.4) is 0 Å². The molecule has 1 unspecified atom stereocenters. The van der Waals surface area contributed by atoms with Gasteiger partial charge in [-0.2, -0.15) is 15.0 Å². The molecular weight excluding hydrogens is 308 g/mol. The minimum atomic E-state index is -0.270. The number of rotatable bonds is 4. The second kappa shape index (κ2) is 6.07. The fourth-order valence-electron chi connectivity index (χ4n) is 4.19. The van der Waals surface area contributed by atoms with Gasteiger partial charge in [-0.15, -0.1) is 11.3 Å². The van der Waals surface area contributed by atoms with E-state index in [2.05, 4.69) is 32.6 Å². The van der Waals surface area contributed by atoms with Gasteiger partial charge < -0.3 is 4.90 Å². The summed E-state index contributed by atoms with van der Waals surface area (Å²) < 4.78 is 0. The second-order valence-corrected chi connectivity index (χ2v) is 7.59. The maximum atomic E-state index is 13.5. The number of nitrogens with zero attached hydrogens (tertiary/aromatic N) is 4. The minimum Gasteiger partial charge on any atom is -0.337 e. The first-order valence-electron chi connectivity index (χ1n) is 8.49. The van der Waals surface area contributed by atoms with Gasteiger partial charge in [-0.25, -0.2) is 0 Å². The molecule has 0 aromatic carbocycles. The topological polar surface area (TPSA) is 51.0 Å². The van der Waals surface area contributed by atoms with Gasteiger partial charge in [0.2, 0.25) is 5.91 Å². The van der Waals surface area contributed by atoms with E-state index in [1.165, 1.54) is 4.88 Å². The van der Waals surface area contributed by atoms with E-state index in [1.54, 1.807) is 28.5 Å². The summed E-state index contributed by atoms with van der Waals surface area (Å²) in [7, 11) is 0. The van der Waals surface area contributed by atoms with Crippen molar-refractivity contribution in [1.29, 1.82) is 0 Å². The number of thiophene rings is 1. The number of hydrogen-bond donors (Lipinski definition) is 0. The van der Waals surface area contributed by atoms with Gasteiger partial charge in [0.05, 0.1) is 30.4 Å². The van der Waals surface area contributed by atoms with Crippen molar-refractivity contribution in [3.63, 3.8) is 0 Å². The summed E-state index contributed by atoms with van der Waals surface area (Å²) in [6, 6.07) is 4.45. The van der Waals surface area contributed by atoms with Gasteiger partial charge >= 0.3 is 0 Å². The summed E-state index contributed by atoms with van der Waals surface area (Å²) in [6.45, 7) is 1.58. The van der Waals surface area contributed by atoms with E-state index in [9.17, 15) is 4.79 Å². The Kier molecular flexibility index (Phi) is 3.93. The van der Waals surface area contributed by atoms with E-state index < -0.39 is 0 Å². The van der Waals surface area contributed by atoms with Gasteiger partial charge in [0, 0.05) is 11.4 Å². The summed E-state index contributed by atoms with van der Waals surface area (Å²) in [4.78, 5) is 18.6. The zero-order valence-electron chi connectivity index (χ0n) is 13.2. The molecule has 0 bridgehead atoms. The van der Waals surface area contributed by atoms with Crippen LogP contribution in [0.25, 0.3) is 0 Å². The van der Waals surface area contributed by atoms with Gasteiger partial charge in [0.1, 0.15) is 0 Å². The first-order chi connectivity index (χ1) is 11.3. The molecule has 122 valence electrons. The normalized spacial score (nSPS) is 23.5. The third kappa shape index (κ3) is 2.59. The summed E-state index contributed by atoms with van der Waals surface area (Å²) in [5, 5.41) is 10.5. The van der Waals surface area contributed by atoms with Crippen molar-refractivity contribution in [1.82, 2.24) is 19.9 Å². The summed E-state index contributed by atoms with van der Waals surface area (Å²) >= 11 is 1.74. The van der Waals surface area contributed by atoms with E-state index in [4.69, 9.17) is 0 Å². The number of likely N-dealkylation sites (tertiary alicyclic amines) is 1. The molecule has 6 heteroatoms. The Hall–Kier alpha value is -1.69. The van der Waals surface area contributed by atoms with Gasteiger partial charge in [-0.3, -0.25) is 4.79 Å². The van der Waals surface area contributed by atoms with Crippen LogP contribution in [0, 0.1) is 0 Å². The highest BCUT2D eigenvalue weighted by atomic mass is 32.1. The lowest BCUT2D eigenvalue weighted by atomic mass is 9.82. The summed E-state index contributed by atoms with van der Waals surface area (Å²) in [5.74, 6) is 0.340. The third-order valence-corrected chi connectivity index (χ3v) is 6.41. The zero-order chi connectivity index (χ0) is 15.7. The zero-order valence-corrected chi connectivity index (χ0v) is 14.0. The lowest BCUT2D eigenvalue weighted by Crippen LogP contribution is -2.48. The van der Waals surface area contributed by atoms with Crippen LogP contribution in [0.4, 0.5) is 0 Å². The van der Waals surface area contributed by atoms with Crippen LogP contribution in [0.5, 0.6) is 0 Å². The molecule has 2 aromatic rings. The number of carbonyl (C=O) groups excluding carboxylic acids is 1. The average Bonchev–Trinajstić information content (AvgIpc) is 3.34. The molecule has 0 N–H and O–H groups in total. The molecule has 2 fully saturated rings. The van der Waals surface area contributed by atoms with Crippen molar-refractivity contribution in [2.24, 2.45) is 0 Å². The summed E-state index contributed by atoms with van der Waals surface area (Å²) in [5.41, 5.74) is -0.270. The molecule has 0 radical (unpaired) electrons. The monoisotopic (exact) mass is 330 g/mol. The molecule has 4 rings (SSSR count). The quantitative estimate of drug-likeness (QED) is 0.866. The van der Waals surface area contributed by atoms with Gasteiger partial charge in [-0.05, 0) is 37.1 Å². The van der Waals surface area contributed by atoms with Gasteiger partial charge in [-0.1, -0.05) is 18.9 Å². The lowest BCUT2D eigenvalue weighted by molar-refractivity contribution is -0.138. The van der Waals surface area contributed by atoms with E-state index in [-0.39, 0.29) is 11.5 Å². The summed E-state index contributed by atoms with van der Waals surface area (Å²) in [6.07, 6.45) is 9.83. The molecule has 5 nitrogen and oxygen atoms in total. The van der Waals surface area contributed by atoms with Gasteiger partial charge in [0.15, 0.2) is 0 Å². The molecule has 23 heavy (non-hydrogen) atoms. The van der Waals surface area contributed by atoms with Crippen molar-refractivity contribution in [3.8, 4) is 0 Å².